The van der Waals surface area contributed by atoms with Gasteiger partial charge in [0.25, 0.3) is 0 Å². The molecule has 3 rings (SSSR count). The maximum absolute atomic E-state index is 4.53. The molecule has 0 fully saturated rings. The molecule has 3 aromatic rings. The number of thioether (sulfide) groups is 1. The van der Waals surface area contributed by atoms with Crippen LogP contribution in [0.15, 0.2) is 53.8 Å². The highest BCUT2D eigenvalue weighted by atomic mass is 32.2. The quantitative estimate of drug-likeness (QED) is 0.733. The second-order valence-corrected chi connectivity index (χ2v) is 5.73. The molecule has 106 valence electrons. The predicted octanol–water partition coefficient (Wildman–Crippen LogP) is 3.39. The van der Waals surface area contributed by atoms with Gasteiger partial charge in [-0.2, -0.15) is 5.10 Å². The van der Waals surface area contributed by atoms with E-state index >= 15 is 0 Å². The number of H-pyrrole nitrogens is 1. The number of hydrogen-bond donors (Lipinski definition) is 1. The number of aryl methyl sites for hydroxylation is 1. The molecule has 0 unspecified atom stereocenters. The molecule has 1 N–H and O–H groups in total. The molecule has 0 aliphatic heterocycles. The van der Waals surface area contributed by atoms with Crippen LogP contribution in [0.25, 0.3) is 0 Å². The van der Waals surface area contributed by atoms with Crippen molar-refractivity contribution in [3.05, 3.63) is 71.3 Å². The Balaban J connectivity index is 1.63. The van der Waals surface area contributed by atoms with Crippen molar-refractivity contribution in [2.45, 2.75) is 24.3 Å². The highest BCUT2D eigenvalue weighted by Gasteiger charge is 2.07. The van der Waals surface area contributed by atoms with Crippen molar-refractivity contribution in [2.24, 2.45) is 0 Å². The molecular formula is C16H16N4S. The van der Waals surface area contributed by atoms with Crippen LogP contribution < -0.4 is 0 Å². The SMILES string of the molecule is Cc1ccccc1Cc1n[nH]c(SCc2ccccn2)n1. The van der Waals surface area contributed by atoms with Gasteiger partial charge in [0.05, 0.1) is 5.69 Å². The van der Waals surface area contributed by atoms with Gasteiger partial charge in [0, 0.05) is 18.4 Å². The van der Waals surface area contributed by atoms with Crippen LogP contribution in [0.4, 0.5) is 0 Å². The van der Waals surface area contributed by atoms with Gasteiger partial charge >= 0.3 is 0 Å². The standard InChI is InChI=1S/C16H16N4S/c1-12-6-2-3-7-13(12)10-15-18-16(20-19-15)21-11-14-8-4-5-9-17-14/h2-9H,10-11H2,1H3,(H,18,19,20). The van der Waals surface area contributed by atoms with E-state index in [1.807, 2.05) is 30.3 Å². The van der Waals surface area contributed by atoms with E-state index in [9.17, 15) is 0 Å². The third-order valence-corrected chi connectivity index (χ3v) is 4.10. The zero-order chi connectivity index (χ0) is 14.5. The van der Waals surface area contributed by atoms with E-state index in [4.69, 9.17) is 0 Å². The zero-order valence-electron chi connectivity index (χ0n) is 11.8. The molecule has 0 saturated carbocycles. The summed E-state index contributed by atoms with van der Waals surface area (Å²) >= 11 is 1.62. The van der Waals surface area contributed by atoms with Crippen molar-refractivity contribution in [2.75, 3.05) is 0 Å². The molecule has 0 atom stereocenters. The largest absolute Gasteiger partial charge is 0.260 e. The van der Waals surface area contributed by atoms with Crippen molar-refractivity contribution in [1.29, 1.82) is 0 Å². The highest BCUT2D eigenvalue weighted by molar-refractivity contribution is 7.98. The Kier molecular flexibility index (Phi) is 4.31. The third kappa shape index (κ3) is 3.70. The monoisotopic (exact) mass is 296 g/mol. The smallest absolute Gasteiger partial charge is 0.184 e. The summed E-state index contributed by atoms with van der Waals surface area (Å²) in [5.41, 5.74) is 3.57. The molecule has 4 nitrogen and oxygen atoms in total. The average molecular weight is 296 g/mol. The van der Waals surface area contributed by atoms with Crippen molar-refractivity contribution in [1.82, 2.24) is 20.2 Å². The fraction of sp³-hybridized carbons (Fsp3) is 0.188. The molecule has 0 aliphatic rings. The molecule has 2 heterocycles. The van der Waals surface area contributed by atoms with Gasteiger partial charge in [-0.05, 0) is 30.2 Å². The summed E-state index contributed by atoms with van der Waals surface area (Å²) in [5, 5.41) is 8.11. The lowest BCUT2D eigenvalue weighted by atomic mass is 10.1. The van der Waals surface area contributed by atoms with Crippen LogP contribution in [0, 0.1) is 6.92 Å². The maximum atomic E-state index is 4.53. The minimum atomic E-state index is 0.757. The van der Waals surface area contributed by atoms with Crippen LogP contribution in [0.5, 0.6) is 0 Å². The van der Waals surface area contributed by atoms with Gasteiger partial charge in [-0.25, -0.2) is 4.98 Å². The Morgan fingerprint density at radius 1 is 1.10 bits per heavy atom. The lowest BCUT2D eigenvalue weighted by molar-refractivity contribution is 0.953. The van der Waals surface area contributed by atoms with Gasteiger partial charge < -0.3 is 0 Å². The number of benzene rings is 1. The highest BCUT2D eigenvalue weighted by Crippen LogP contribution is 2.18. The first kappa shape index (κ1) is 13.8. The second-order valence-electron chi connectivity index (χ2n) is 4.77. The molecule has 0 aliphatic carbocycles. The molecule has 5 heteroatoms. The lowest BCUT2D eigenvalue weighted by Gasteiger charge is -2.01. The van der Waals surface area contributed by atoms with Gasteiger partial charge in [-0.3, -0.25) is 10.1 Å². The number of hydrogen-bond acceptors (Lipinski definition) is 4. The first-order chi connectivity index (χ1) is 10.3. The fourth-order valence-electron chi connectivity index (χ4n) is 2.03. The Hall–Kier alpha value is -2.14. The molecule has 0 saturated heterocycles. The van der Waals surface area contributed by atoms with E-state index in [-0.39, 0.29) is 0 Å². The van der Waals surface area contributed by atoms with Crippen molar-refractivity contribution < 1.29 is 0 Å². The van der Waals surface area contributed by atoms with Crippen molar-refractivity contribution in [3.8, 4) is 0 Å². The van der Waals surface area contributed by atoms with E-state index in [1.165, 1.54) is 11.1 Å². The summed E-state index contributed by atoms with van der Waals surface area (Å²) in [6.07, 6.45) is 2.56. The van der Waals surface area contributed by atoms with Crippen LogP contribution >= 0.6 is 11.8 Å². The van der Waals surface area contributed by atoms with Gasteiger partial charge in [-0.15, -0.1) is 0 Å². The molecule has 0 radical (unpaired) electrons. The van der Waals surface area contributed by atoms with Crippen LogP contribution in [-0.4, -0.2) is 20.2 Å². The minimum absolute atomic E-state index is 0.757. The van der Waals surface area contributed by atoms with E-state index in [0.717, 1.165) is 28.8 Å². The fourth-order valence-corrected chi connectivity index (χ4v) is 2.76. The topological polar surface area (TPSA) is 54.5 Å². The number of aromatic nitrogens is 4. The minimum Gasteiger partial charge on any atom is -0.260 e. The molecule has 21 heavy (non-hydrogen) atoms. The Morgan fingerprint density at radius 2 is 1.95 bits per heavy atom. The van der Waals surface area contributed by atoms with Crippen LogP contribution in [-0.2, 0) is 12.2 Å². The first-order valence-electron chi connectivity index (χ1n) is 6.80. The summed E-state index contributed by atoms with van der Waals surface area (Å²) in [6, 6.07) is 14.2. The number of rotatable bonds is 5. The molecule has 0 amide bonds. The van der Waals surface area contributed by atoms with Gasteiger partial charge in [0.1, 0.15) is 0 Å². The summed E-state index contributed by atoms with van der Waals surface area (Å²) in [4.78, 5) is 8.83. The van der Waals surface area contributed by atoms with Gasteiger partial charge in [0.2, 0.25) is 0 Å². The zero-order valence-corrected chi connectivity index (χ0v) is 12.6. The van der Waals surface area contributed by atoms with Crippen LogP contribution in [0.1, 0.15) is 22.6 Å². The van der Waals surface area contributed by atoms with E-state index in [2.05, 4.69) is 39.2 Å². The summed E-state index contributed by atoms with van der Waals surface area (Å²) < 4.78 is 0. The maximum Gasteiger partial charge on any atom is 0.184 e. The molecule has 0 spiro atoms. The number of nitrogens with zero attached hydrogens (tertiary/aromatic N) is 3. The molecule has 2 aromatic heterocycles. The molecule has 1 aromatic carbocycles. The summed E-state index contributed by atoms with van der Waals surface area (Å²) in [6.45, 7) is 2.11. The molecule has 0 bridgehead atoms. The number of aromatic amines is 1. The lowest BCUT2D eigenvalue weighted by Crippen LogP contribution is -1.93. The number of nitrogens with one attached hydrogen (secondary N) is 1. The van der Waals surface area contributed by atoms with E-state index < -0.39 is 0 Å². The van der Waals surface area contributed by atoms with Crippen molar-refractivity contribution >= 4 is 11.8 Å². The normalized spacial score (nSPS) is 10.7. The number of pyridine rings is 1. The molecular weight excluding hydrogens is 280 g/mol. The Labute approximate surface area is 128 Å². The summed E-state index contributed by atoms with van der Waals surface area (Å²) in [7, 11) is 0. The van der Waals surface area contributed by atoms with Gasteiger partial charge in [0.15, 0.2) is 11.0 Å². The van der Waals surface area contributed by atoms with E-state index in [1.54, 1.807) is 18.0 Å². The predicted molar refractivity (Wildman–Crippen MR) is 84.2 cm³/mol. The third-order valence-electron chi connectivity index (χ3n) is 3.20. The second kappa shape index (κ2) is 6.54. The van der Waals surface area contributed by atoms with E-state index in [0.29, 0.717) is 0 Å². The summed E-state index contributed by atoms with van der Waals surface area (Å²) in [5.74, 6) is 1.62. The van der Waals surface area contributed by atoms with Crippen molar-refractivity contribution in [3.63, 3.8) is 0 Å². The van der Waals surface area contributed by atoms with Crippen LogP contribution in [0.2, 0.25) is 0 Å². The van der Waals surface area contributed by atoms with Crippen LogP contribution in [0.3, 0.4) is 0 Å². The Bertz CT molecular complexity index is 709. The van der Waals surface area contributed by atoms with Gasteiger partial charge in [-0.1, -0.05) is 42.1 Å². The first-order valence-corrected chi connectivity index (χ1v) is 7.78. The Morgan fingerprint density at radius 3 is 2.76 bits per heavy atom. The average Bonchev–Trinajstić information content (AvgIpc) is 2.96.